The third kappa shape index (κ3) is 4.47. The SMILES string of the molecule is CC[Si](Cc1cc(C(F)(F)F)cc(C(F)(F)F)c1)(OC)OC. The predicted octanol–water partition coefficient (Wildman–Crippen LogP) is 4.56. The summed E-state index contributed by atoms with van der Waals surface area (Å²) in [7, 11) is -0.167. The molecule has 1 aromatic carbocycles. The molecule has 0 bridgehead atoms. The van der Waals surface area contributed by atoms with E-state index in [0.29, 0.717) is 18.2 Å². The number of alkyl halides is 6. The van der Waals surface area contributed by atoms with Gasteiger partial charge in [-0.15, -0.1) is 0 Å². The fraction of sp³-hybridized carbons (Fsp3) is 0.538. The zero-order valence-electron chi connectivity index (χ0n) is 12.2. The van der Waals surface area contributed by atoms with Crippen molar-refractivity contribution in [2.75, 3.05) is 14.2 Å². The molecule has 2 nitrogen and oxygen atoms in total. The van der Waals surface area contributed by atoms with E-state index in [2.05, 4.69) is 0 Å². The molecule has 0 saturated carbocycles. The van der Waals surface area contributed by atoms with E-state index in [1.54, 1.807) is 6.92 Å². The molecule has 0 atom stereocenters. The monoisotopic (exact) mass is 346 g/mol. The number of rotatable bonds is 5. The van der Waals surface area contributed by atoms with E-state index in [1.165, 1.54) is 14.2 Å². The summed E-state index contributed by atoms with van der Waals surface area (Å²) in [6.07, 6.45) is -9.71. The van der Waals surface area contributed by atoms with Gasteiger partial charge in [-0.05, 0) is 29.8 Å². The van der Waals surface area contributed by atoms with Crippen LogP contribution in [-0.2, 0) is 27.2 Å². The third-order valence-corrected chi connectivity index (χ3v) is 6.92. The maximum Gasteiger partial charge on any atom is 0.416 e. The lowest BCUT2D eigenvalue weighted by Crippen LogP contribution is -2.42. The predicted molar refractivity (Wildman–Crippen MR) is 70.4 cm³/mol. The van der Waals surface area contributed by atoms with Crippen LogP contribution >= 0.6 is 0 Å². The van der Waals surface area contributed by atoms with E-state index in [1.807, 2.05) is 0 Å². The fourth-order valence-corrected chi connectivity index (χ4v) is 4.18. The minimum Gasteiger partial charge on any atom is -0.397 e. The normalized spacial score (nSPS) is 13.5. The highest BCUT2D eigenvalue weighted by Crippen LogP contribution is 2.37. The van der Waals surface area contributed by atoms with Crippen LogP contribution in [0.3, 0.4) is 0 Å². The molecular weight excluding hydrogens is 330 g/mol. The van der Waals surface area contributed by atoms with Gasteiger partial charge < -0.3 is 8.85 Å². The number of halogens is 6. The van der Waals surface area contributed by atoms with Gasteiger partial charge in [0.15, 0.2) is 0 Å². The van der Waals surface area contributed by atoms with E-state index in [0.717, 1.165) is 0 Å². The van der Waals surface area contributed by atoms with Crippen LogP contribution in [-0.4, -0.2) is 22.8 Å². The Hall–Kier alpha value is -1.06. The average molecular weight is 346 g/mol. The second kappa shape index (κ2) is 6.59. The van der Waals surface area contributed by atoms with Gasteiger partial charge in [0.25, 0.3) is 0 Å². The Kier molecular flexibility index (Phi) is 5.69. The smallest absolute Gasteiger partial charge is 0.397 e. The molecule has 0 aromatic heterocycles. The molecule has 0 fully saturated rings. The van der Waals surface area contributed by atoms with Crippen molar-refractivity contribution in [2.45, 2.75) is 31.4 Å². The zero-order valence-corrected chi connectivity index (χ0v) is 13.2. The zero-order chi connectivity index (χ0) is 17.2. The molecular formula is C13H16F6O2Si. The molecule has 0 N–H and O–H groups in total. The Morgan fingerprint density at radius 2 is 1.27 bits per heavy atom. The highest BCUT2D eigenvalue weighted by molar-refractivity contribution is 6.66. The van der Waals surface area contributed by atoms with Crippen molar-refractivity contribution in [3.8, 4) is 0 Å². The molecule has 0 aliphatic carbocycles. The van der Waals surface area contributed by atoms with Crippen molar-refractivity contribution in [1.29, 1.82) is 0 Å². The van der Waals surface area contributed by atoms with Crippen LogP contribution in [0.4, 0.5) is 26.3 Å². The maximum atomic E-state index is 12.8. The van der Waals surface area contributed by atoms with Gasteiger partial charge in [-0.1, -0.05) is 6.92 Å². The highest BCUT2D eigenvalue weighted by atomic mass is 28.4. The fourth-order valence-electron chi connectivity index (χ4n) is 2.07. The van der Waals surface area contributed by atoms with Crippen LogP contribution in [0.2, 0.25) is 6.04 Å². The summed E-state index contributed by atoms with van der Waals surface area (Å²) in [4.78, 5) is 0. The first kappa shape index (κ1) is 19.0. The molecule has 0 radical (unpaired) electrons. The molecule has 1 rings (SSSR count). The van der Waals surface area contributed by atoms with E-state index < -0.39 is 32.0 Å². The molecule has 1 aromatic rings. The van der Waals surface area contributed by atoms with Gasteiger partial charge in [0.2, 0.25) is 0 Å². The summed E-state index contributed by atoms with van der Waals surface area (Å²) in [5.74, 6) is 0. The van der Waals surface area contributed by atoms with Crippen LogP contribution in [0.1, 0.15) is 23.6 Å². The molecule has 0 saturated heterocycles. The molecule has 0 spiro atoms. The first-order valence-corrected chi connectivity index (χ1v) is 8.59. The second-order valence-electron chi connectivity index (χ2n) is 4.76. The molecule has 0 aliphatic heterocycles. The Labute approximate surface area is 125 Å². The van der Waals surface area contributed by atoms with Gasteiger partial charge in [0.05, 0.1) is 11.1 Å². The largest absolute Gasteiger partial charge is 0.416 e. The maximum absolute atomic E-state index is 12.8. The lowest BCUT2D eigenvalue weighted by atomic mass is 10.1. The minimum atomic E-state index is -4.85. The first-order chi connectivity index (χ1) is 9.97. The van der Waals surface area contributed by atoms with Gasteiger partial charge in [-0.25, -0.2) is 0 Å². The number of hydrogen-bond acceptors (Lipinski definition) is 2. The van der Waals surface area contributed by atoms with Crippen LogP contribution in [0.5, 0.6) is 0 Å². The summed E-state index contributed by atoms with van der Waals surface area (Å²) in [5, 5.41) is 0. The summed E-state index contributed by atoms with van der Waals surface area (Å²) in [6.45, 7) is 1.72. The van der Waals surface area contributed by atoms with Gasteiger partial charge in [-0.3, -0.25) is 0 Å². The van der Waals surface area contributed by atoms with E-state index in [-0.39, 0.29) is 17.7 Å². The van der Waals surface area contributed by atoms with Crippen LogP contribution < -0.4 is 0 Å². The van der Waals surface area contributed by atoms with Crippen molar-refractivity contribution in [3.05, 3.63) is 34.9 Å². The molecule has 0 amide bonds. The standard InChI is InChI=1S/C13H16F6O2Si/c1-4-22(20-2,21-3)8-9-5-10(12(14,15)16)7-11(6-9)13(17,18)19/h5-7H,4,8H2,1-3H3. The van der Waals surface area contributed by atoms with Crippen LogP contribution in [0.25, 0.3) is 0 Å². The molecule has 126 valence electrons. The Morgan fingerprint density at radius 1 is 0.864 bits per heavy atom. The number of benzene rings is 1. The Balaban J connectivity index is 3.36. The minimum absolute atomic E-state index is 0.0938. The van der Waals surface area contributed by atoms with Crippen molar-refractivity contribution >= 4 is 8.56 Å². The van der Waals surface area contributed by atoms with E-state index in [9.17, 15) is 26.3 Å². The summed E-state index contributed by atoms with van der Waals surface area (Å²) < 4.78 is 87.3. The van der Waals surface area contributed by atoms with Gasteiger partial charge in [-0.2, -0.15) is 26.3 Å². The quantitative estimate of drug-likeness (QED) is 0.575. The van der Waals surface area contributed by atoms with Crippen molar-refractivity contribution < 1.29 is 35.2 Å². The van der Waals surface area contributed by atoms with Crippen LogP contribution in [0.15, 0.2) is 18.2 Å². The van der Waals surface area contributed by atoms with Crippen molar-refractivity contribution in [1.82, 2.24) is 0 Å². The Morgan fingerprint density at radius 3 is 1.55 bits per heavy atom. The lowest BCUT2D eigenvalue weighted by molar-refractivity contribution is -0.143. The topological polar surface area (TPSA) is 18.5 Å². The summed E-state index contributed by atoms with van der Waals surface area (Å²) >= 11 is 0. The number of hydrogen-bond donors (Lipinski definition) is 0. The molecule has 0 unspecified atom stereocenters. The molecule has 22 heavy (non-hydrogen) atoms. The van der Waals surface area contributed by atoms with Gasteiger partial charge >= 0.3 is 20.9 Å². The molecule has 9 heteroatoms. The summed E-state index contributed by atoms with van der Waals surface area (Å²) in [6, 6.07) is 1.84. The highest BCUT2D eigenvalue weighted by Gasteiger charge is 2.39. The third-order valence-electron chi connectivity index (χ3n) is 3.40. The van der Waals surface area contributed by atoms with Crippen LogP contribution in [0, 0.1) is 0 Å². The van der Waals surface area contributed by atoms with Crippen molar-refractivity contribution in [2.24, 2.45) is 0 Å². The van der Waals surface area contributed by atoms with Gasteiger partial charge in [0, 0.05) is 20.3 Å². The lowest BCUT2D eigenvalue weighted by Gasteiger charge is -2.26. The van der Waals surface area contributed by atoms with Gasteiger partial charge in [0.1, 0.15) is 0 Å². The molecule has 0 heterocycles. The molecule has 0 aliphatic rings. The first-order valence-electron chi connectivity index (χ1n) is 6.36. The van der Waals surface area contributed by atoms with Crippen molar-refractivity contribution in [3.63, 3.8) is 0 Å². The van der Waals surface area contributed by atoms with E-state index in [4.69, 9.17) is 8.85 Å². The van der Waals surface area contributed by atoms with E-state index >= 15 is 0 Å². The average Bonchev–Trinajstić information content (AvgIpc) is 2.43. The summed E-state index contributed by atoms with van der Waals surface area (Å²) in [5.41, 5.74) is -2.76. The second-order valence-corrected chi connectivity index (χ2v) is 8.46. The Bertz CT molecular complexity index is 468.